The van der Waals surface area contributed by atoms with Gasteiger partial charge in [0.1, 0.15) is 0 Å². The lowest BCUT2D eigenvalue weighted by atomic mass is 10.3. The molecule has 0 atom stereocenters. The molecule has 0 saturated heterocycles. The van der Waals surface area contributed by atoms with Crippen LogP contribution in [0.5, 0.6) is 0 Å². The predicted molar refractivity (Wildman–Crippen MR) is 73.1 cm³/mol. The van der Waals surface area contributed by atoms with E-state index in [1.807, 2.05) is 0 Å². The highest BCUT2D eigenvalue weighted by Gasteiger charge is 2.12. The van der Waals surface area contributed by atoms with Crippen molar-refractivity contribution in [3.05, 3.63) is 12.7 Å². The minimum Gasteiger partial charge on any atom is -0.480 e. The Morgan fingerprint density at radius 2 is 2.05 bits per heavy atom. The third-order valence-electron chi connectivity index (χ3n) is 2.30. The Morgan fingerprint density at radius 3 is 2.60 bits per heavy atom. The number of hydrogen-bond acceptors (Lipinski definition) is 5. The number of nitrogens with one attached hydrogen (secondary N) is 1. The lowest BCUT2D eigenvalue weighted by Gasteiger charge is -2.17. The maximum Gasteiger partial charge on any atom is 0.317 e. The van der Waals surface area contributed by atoms with Crippen LogP contribution in [0.1, 0.15) is 19.8 Å². The van der Waals surface area contributed by atoms with Crippen molar-refractivity contribution in [3.8, 4) is 0 Å². The molecule has 0 aliphatic rings. The number of amides is 1. The number of esters is 1. The average Bonchev–Trinajstić information content (AvgIpc) is 2.34. The molecule has 0 rings (SSSR count). The van der Waals surface area contributed by atoms with E-state index in [1.54, 1.807) is 6.92 Å². The molecule has 0 radical (unpaired) electrons. The highest BCUT2D eigenvalue weighted by atomic mass is 16.5. The van der Waals surface area contributed by atoms with Crippen LogP contribution >= 0.6 is 0 Å². The lowest BCUT2D eigenvalue weighted by Crippen LogP contribution is -2.40. The maximum atomic E-state index is 11.6. The van der Waals surface area contributed by atoms with E-state index in [9.17, 15) is 14.4 Å². The number of hydrogen-bond donors (Lipinski definition) is 2. The Hall–Kier alpha value is -1.89. The van der Waals surface area contributed by atoms with Gasteiger partial charge < -0.3 is 15.2 Å². The second kappa shape index (κ2) is 11.0. The van der Waals surface area contributed by atoms with Gasteiger partial charge in [-0.3, -0.25) is 19.3 Å². The van der Waals surface area contributed by atoms with E-state index in [1.165, 1.54) is 11.0 Å². The second-order valence-electron chi connectivity index (χ2n) is 4.11. The van der Waals surface area contributed by atoms with Crippen molar-refractivity contribution in [1.29, 1.82) is 0 Å². The Labute approximate surface area is 118 Å². The van der Waals surface area contributed by atoms with Crippen molar-refractivity contribution in [1.82, 2.24) is 10.2 Å². The van der Waals surface area contributed by atoms with E-state index < -0.39 is 5.97 Å². The summed E-state index contributed by atoms with van der Waals surface area (Å²) in [4.78, 5) is 34.7. The maximum absolute atomic E-state index is 11.6. The molecule has 1 amide bonds. The normalized spacial score (nSPS) is 10.1. The van der Waals surface area contributed by atoms with Crippen molar-refractivity contribution in [3.63, 3.8) is 0 Å². The minimum absolute atomic E-state index is 0.0161. The number of ether oxygens (including phenoxy) is 1. The Bertz CT molecular complexity index is 344. The first-order valence-corrected chi connectivity index (χ1v) is 6.47. The molecule has 0 aromatic heterocycles. The van der Waals surface area contributed by atoms with Crippen LogP contribution in [-0.4, -0.2) is 60.6 Å². The van der Waals surface area contributed by atoms with Gasteiger partial charge in [0.05, 0.1) is 19.7 Å². The molecule has 0 fully saturated rings. The molecule has 0 unspecified atom stereocenters. The number of carboxylic acids is 1. The molecule has 114 valence electrons. The zero-order chi connectivity index (χ0) is 15.4. The van der Waals surface area contributed by atoms with E-state index >= 15 is 0 Å². The summed E-state index contributed by atoms with van der Waals surface area (Å²) in [5.41, 5.74) is 0. The number of aliphatic carboxylic acids is 1. The Balaban J connectivity index is 3.87. The Morgan fingerprint density at radius 1 is 1.35 bits per heavy atom. The predicted octanol–water partition coefficient (Wildman–Crippen LogP) is 0.0185. The summed E-state index contributed by atoms with van der Waals surface area (Å²) < 4.78 is 4.75. The molecule has 0 aromatic carbocycles. The monoisotopic (exact) mass is 286 g/mol. The van der Waals surface area contributed by atoms with Gasteiger partial charge in [0.2, 0.25) is 5.91 Å². The second-order valence-corrected chi connectivity index (χ2v) is 4.11. The zero-order valence-electron chi connectivity index (χ0n) is 11.8. The first-order valence-electron chi connectivity index (χ1n) is 6.47. The summed E-state index contributed by atoms with van der Waals surface area (Å²) in [7, 11) is 0. The topological polar surface area (TPSA) is 95.9 Å². The van der Waals surface area contributed by atoms with Crippen molar-refractivity contribution in [2.75, 3.05) is 32.8 Å². The highest BCUT2D eigenvalue weighted by Crippen LogP contribution is 1.92. The van der Waals surface area contributed by atoms with Gasteiger partial charge in [-0.15, -0.1) is 6.58 Å². The molecule has 0 bridgehead atoms. The largest absolute Gasteiger partial charge is 0.480 e. The minimum atomic E-state index is -0.998. The van der Waals surface area contributed by atoms with Crippen molar-refractivity contribution < 1.29 is 24.2 Å². The van der Waals surface area contributed by atoms with Gasteiger partial charge in [0.15, 0.2) is 0 Å². The number of carbonyl (C=O) groups is 3. The molecule has 2 N–H and O–H groups in total. The number of carbonyl (C=O) groups excluding carboxylic acids is 2. The molecule has 20 heavy (non-hydrogen) atoms. The molecular weight excluding hydrogens is 264 g/mol. The third kappa shape index (κ3) is 10.1. The molecular formula is C13H22N2O5. The first kappa shape index (κ1) is 18.1. The molecule has 7 nitrogen and oxygen atoms in total. The van der Waals surface area contributed by atoms with Crippen LogP contribution < -0.4 is 5.32 Å². The summed E-state index contributed by atoms with van der Waals surface area (Å²) in [6, 6.07) is 0. The first-order chi connectivity index (χ1) is 9.49. The van der Waals surface area contributed by atoms with Crippen LogP contribution in [0.4, 0.5) is 0 Å². The van der Waals surface area contributed by atoms with E-state index in [2.05, 4.69) is 11.9 Å². The number of carboxylic acid groups (broad SMARTS) is 1. The summed E-state index contributed by atoms with van der Waals surface area (Å²) in [6.45, 7) is 6.03. The fourth-order valence-corrected chi connectivity index (χ4v) is 1.51. The number of nitrogens with zero attached hydrogens (tertiary/aromatic N) is 1. The van der Waals surface area contributed by atoms with E-state index in [4.69, 9.17) is 9.84 Å². The van der Waals surface area contributed by atoms with Crippen molar-refractivity contribution >= 4 is 17.8 Å². The van der Waals surface area contributed by atoms with Gasteiger partial charge >= 0.3 is 11.9 Å². The van der Waals surface area contributed by atoms with Crippen LogP contribution in [0.15, 0.2) is 12.7 Å². The Kier molecular flexibility index (Phi) is 9.94. The fourth-order valence-electron chi connectivity index (χ4n) is 1.51. The molecule has 0 heterocycles. The lowest BCUT2D eigenvalue weighted by molar-refractivity contribution is -0.143. The molecule has 0 aliphatic heterocycles. The zero-order valence-corrected chi connectivity index (χ0v) is 11.8. The molecule has 0 spiro atoms. The quantitative estimate of drug-likeness (QED) is 0.316. The molecule has 0 aliphatic carbocycles. The molecule has 0 aromatic rings. The van der Waals surface area contributed by atoms with E-state index in [0.717, 1.165) is 0 Å². The van der Waals surface area contributed by atoms with Crippen molar-refractivity contribution in [2.24, 2.45) is 0 Å². The summed E-state index contributed by atoms with van der Waals surface area (Å²) in [5, 5.41) is 11.3. The molecule has 7 heteroatoms. The standard InChI is InChI=1S/C13H22N2O5/c1-3-8-15(10-12(17)18)9-11(16)14-7-5-6-13(19)20-4-2/h3H,1,4-10H2,2H3,(H,14,16)(H,17,18). The highest BCUT2D eigenvalue weighted by molar-refractivity contribution is 5.79. The van der Waals surface area contributed by atoms with Crippen LogP contribution in [0, 0.1) is 0 Å². The van der Waals surface area contributed by atoms with Crippen LogP contribution in [0.25, 0.3) is 0 Å². The summed E-state index contributed by atoms with van der Waals surface area (Å²) >= 11 is 0. The van der Waals surface area contributed by atoms with Gasteiger partial charge in [-0.1, -0.05) is 6.08 Å². The van der Waals surface area contributed by atoms with E-state index in [-0.39, 0.29) is 31.4 Å². The van der Waals surface area contributed by atoms with Gasteiger partial charge in [0, 0.05) is 19.5 Å². The van der Waals surface area contributed by atoms with Gasteiger partial charge in [-0.25, -0.2) is 0 Å². The van der Waals surface area contributed by atoms with Gasteiger partial charge in [0.25, 0.3) is 0 Å². The number of rotatable bonds is 11. The fraction of sp³-hybridized carbons (Fsp3) is 0.615. The van der Waals surface area contributed by atoms with Gasteiger partial charge in [-0.2, -0.15) is 0 Å². The SMILES string of the molecule is C=CCN(CC(=O)O)CC(=O)NCCCC(=O)OCC. The average molecular weight is 286 g/mol. The van der Waals surface area contributed by atoms with Gasteiger partial charge in [-0.05, 0) is 13.3 Å². The van der Waals surface area contributed by atoms with Crippen molar-refractivity contribution in [2.45, 2.75) is 19.8 Å². The van der Waals surface area contributed by atoms with Crippen LogP contribution in [0.2, 0.25) is 0 Å². The van der Waals surface area contributed by atoms with Crippen LogP contribution in [0.3, 0.4) is 0 Å². The molecule has 0 saturated carbocycles. The smallest absolute Gasteiger partial charge is 0.317 e. The van der Waals surface area contributed by atoms with Crippen LogP contribution in [-0.2, 0) is 19.1 Å². The summed E-state index contributed by atoms with van der Waals surface area (Å²) in [5.74, 6) is -1.57. The third-order valence-corrected chi connectivity index (χ3v) is 2.30. The summed E-state index contributed by atoms with van der Waals surface area (Å²) in [6.07, 6.45) is 2.28. The van der Waals surface area contributed by atoms with E-state index in [0.29, 0.717) is 26.1 Å².